The Bertz CT molecular complexity index is 176. The lowest BCUT2D eigenvalue weighted by molar-refractivity contribution is -0.123. The summed E-state index contributed by atoms with van der Waals surface area (Å²) in [5.74, 6) is 1.41. The molecular weight excluding hydrogens is 208 g/mol. The summed E-state index contributed by atoms with van der Waals surface area (Å²) in [5, 5.41) is 2.88. The topological polar surface area (TPSA) is 55.1 Å². The Labute approximate surface area is 97.6 Å². The van der Waals surface area contributed by atoms with Crippen LogP contribution in [0, 0.1) is 5.92 Å². The zero-order chi connectivity index (χ0) is 11.7. The van der Waals surface area contributed by atoms with E-state index in [9.17, 15) is 4.79 Å². The van der Waals surface area contributed by atoms with Gasteiger partial charge < -0.3 is 11.1 Å². The van der Waals surface area contributed by atoms with Crippen LogP contribution in [0.1, 0.15) is 33.1 Å². The molecule has 0 saturated heterocycles. The Morgan fingerprint density at radius 2 is 2.13 bits per heavy atom. The molecule has 0 heterocycles. The molecule has 3 N–H and O–H groups in total. The Kier molecular flexibility index (Phi) is 8.91. The van der Waals surface area contributed by atoms with Gasteiger partial charge in [-0.25, -0.2) is 0 Å². The van der Waals surface area contributed by atoms with Crippen LogP contribution in [-0.4, -0.2) is 30.5 Å². The van der Waals surface area contributed by atoms with E-state index < -0.39 is 0 Å². The van der Waals surface area contributed by atoms with Gasteiger partial charge in [0, 0.05) is 6.54 Å². The van der Waals surface area contributed by atoms with E-state index in [1.807, 2.05) is 18.7 Å². The predicted octanol–water partition coefficient (Wildman–Crippen LogP) is 1.62. The van der Waals surface area contributed by atoms with E-state index in [-0.39, 0.29) is 17.9 Å². The number of amides is 1. The molecule has 3 nitrogen and oxygen atoms in total. The van der Waals surface area contributed by atoms with Gasteiger partial charge in [-0.05, 0) is 30.8 Å². The maximum atomic E-state index is 11.5. The van der Waals surface area contributed by atoms with Gasteiger partial charge in [0.15, 0.2) is 0 Å². The van der Waals surface area contributed by atoms with Crippen molar-refractivity contribution in [2.75, 3.05) is 18.6 Å². The first kappa shape index (κ1) is 14.8. The molecule has 1 unspecified atom stereocenters. The molecule has 0 bridgehead atoms. The number of hydrogen-bond donors (Lipinski definition) is 2. The Morgan fingerprint density at radius 1 is 1.47 bits per heavy atom. The van der Waals surface area contributed by atoms with Crippen molar-refractivity contribution in [3.63, 3.8) is 0 Å². The monoisotopic (exact) mass is 232 g/mol. The van der Waals surface area contributed by atoms with Crippen LogP contribution in [-0.2, 0) is 4.79 Å². The van der Waals surface area contributed by atoms with E-state index in [1.54, 1.807) is 0 Å². The van der Waals surface area contributed by atoms with Crippen LogP contribution in [0.2, 0.25) is 0 Å². The zero-order valence-corrected chi connectivity index (χ0v) is 10.9. The van der Waals surface area contributed by atoms with E-state index in [0.29, 0.717) is 0 Å². The molecule has 0 aromatic carbocycles. The van der Waals surface area contributed by atoms with Crippen LogP contribution in [0.3, 0.4) is 0 Å². The average molecular weight is 232 g/mol. The summed E-state index contributed by atoms with van der Waals surface area (Å²) in [6, 6.07) is -0.351. The number of carbonyl (C=O) groups is 1. The number of unbranched alkanes of at least 4 members (excludes halogenated alkanes) is 1. The van der Waals surface area contributed by atoms with Gasteiger partial charge in [0.2, 0.25) is 5.91 Å². The molecule has 0 rings (SSSR count). The summed E-state index contributed by atoms with van der Waals surface area (Å²) < 4.78 is 0. The van der Waals surface area contributed by atoms with Crippen LogP contribution in [0.5, 0.6) is 0 Å². The standard InChI is InChI=1S/C11H24N2OS/c1-4-9(2)10(12)11(14)13-7-5-6-8-15-3/h9-10H,4-8,12H2,1-3H3,(H,13,14)/t9?,10-/m0/s1. The molecule has 4 heteroatoms. The summed E-state index contributed by atoms with van der Waals surface area (Å²) in [6.45, 7) is 4.82. The molecule has 0 aliphatic rings. The highest BCUT2D eigenvalue weighted by molar-refractivity contribution is 7.98. The minimum Gasteiger partial charge on any atom is -0.355 e. The number of nitrogens with two attached hydrogens (primary N) is 1. The average Bonchev–Trinajstić information content (AvgIpc) is 2.26. The molecule has 2 atom stereocenters. The number of carbonyl (C=O) groups excluding carboxylic acids is 1. The van der Waals surface area contributed by atoms with Crippen LogP contribution in [0.15, 0.2) is 0 Å². The van der Waals surface area contributed by atoms with Crippen LogP contribution in [0.25, 0.3) is 0 Å². The quantitative estimate of drug-likeness (QED) is 0.625. The van der Waals surface area contributed by atoms with Gasteiger partial charge in [-0.3, -0.25) is 4.79 Å². The highest BCUT2D eigenvalue weighted by atomic mass is 32.2. The Hall–Kier alpha value is -0.220. The maximum Gasteiger partial charge on any atom is 0.237 e. The van der Waals surface area contributed by atoms with Crippen LogP contribution >= 0.6 is 11.8 Å². The summed E-state index contributed by atoms with van der Waals surface area (Å²) >= 11 is 1.84. The van der Waals surface area contributed by atoms with Gasteiger partial charge in [-0.1, -0.05) is 20.3 Å². The van der Waals surface area contributed by atoms with E-state index in [2.05, 4.69) is 18.5 Å². The number of thioether (sulfide) groups is 1. The summed E-state index contributed by atoms with van der Waals surface area (Å²) in [4.78, 5) is 11.5. The first-order valence-electron chi connectivity index (χ1n) is 5.65. The largest absolute Gasteiger partial charge is 0.355 e. The molecule has 0 spiro atoms. The first-order valence-corrected chi connectivity index (χ1v) is 7.05. The molecule has 1 amide bonds. The van der Waals surface area contributed by atoms with Crippen molar-refractivity contribution in [1.29, 1.82) is 0 Å². The second-order valence-corrected chi connectivity index (χ2v) is 4.89. The molecule has 15 heavy (non-hydrogen) atoms. The Balaban J connectivity index is 3.56. The SMILES string of the molecule is CCC(C)[C@H](N)C(=O)NCCCCSC. The summed E-state index contributed by atoms with van der Waals surface area (Å²) in [5.41, 5.74) is 5.80. The van der Waals surface area contributed by atoms with Crippen molar-refractivity contribution in [3.8, 4) is 0 Å². The highest BCUT2D eigenvalue weighted by Crippen LogP contribution is 2.05. The lowest BCUT2D eigenvalue weighted by Crippen LogP contribution is -2.44. The fourth-order valence-corrected chi connectivity index (χ4v) is 1.71. The number of hydrogen-bond acceptors (Lipinski definition) is 3. The van der Waals surface area contributed by atoms with E-state index in [0.717, 1.165) is 31.6 Å². The zero-order valence-electron chi connectivity index (χ0n) is 10.1. The van der Waals surface area contributed by atoms with Crippen molar-refractivity contribution < 1.29 is 4.79 Å². The van der Waals surface area contributed by atoms with Crippen molar-refractivity contribution in [1.82, 2.24) is 5.32 Å². The van der Waals surface area contributed by atoms with Gasteiger partial charge in [0.25, 0.3) is 0 Å². The maximum absolute atomic E-state index is 11.5. The van der Waals surface area contributed by atoms with Gasteiger partial charge in [0.05, 0.1) is 6.04 Å². The summed E-state index contributed by atoms with van der Waals surface area (Å²) in [7, 11) is 0. The molecule has 0 fully saturated rings. The third-order valence-corrected chi connectivity index (χ3v) is 3.33. The molecule has 0 aliphatic carbocycles. The third kappa shape index (κ3) is 6.79. The molecule has 0 aromatic heterocycles. The lowest BCUT2D eigenvalue weighted by atomic mass is 9.99. The first-order chi connectivity index (χ1) is 7.13. The van der Waals surface area contributed by atoms with E-state index in [1.165, 1.54) is 0 Å². The number of rotatable bonds is 8. The highest BCUT2D eigenvalue weighted by Gasteiger charge is 2.18. The van der Waals surface area contributed by atoms with Crippen LogP contribution < -0.4 is 11.1 Å². The molecule has 90 valence electrons. The molecule has 0 aromatic rings. The second kappa shape index (κ2) is 9.04. The second-order valence-electron chi connectivity index (χ2n) is 3.90. The fraction of sp³-hybridized carbons (Fsp3) is 0.909. The minimum atomic E-state index is -0.351. The van der Waals surface area contributed by atoms with Gasteiger partial charge in [0.1, 0.15) is 0 Å². The molecular formula is C11H24N2OS. The molecule has 0 saturated carbocycles. The van der Waals surface area contributed by atoms with E-state index in [4.69, 9.17) is 5.73 Å². The minimum absolute atomic E-state index is 0.00602. The Morgan fingerprint density at radius 3 is 2.67 bits per heavy atom. The molecule has 0 aliphatic heterocycles. The lowest BCUT2D eigenvalue weighted by Gasteiger charge is -2.17. The van der Waals surface area contributed by atoms with Gasteiger partial charge in [-0.2, -0.15) is 11.8 Å². The van der Waals surface area contributed by atoms with Crippen molar-refractivity contribution in [2.45, 2.75) is 39.2 Å². The van der Waals surface area contributed by atoms with Gasteiger partial charge >= 0.3 is 0 Å². The summed E-state index contributed by atoms with van der Waals surface area (Å²) in [6.07, 6.45) is 5.23. The van der Waals surface area contributed by atoms with Crippen molar-refractivity contribution >= 4 is 17.7 Å². The van der Waals surface area contributed by atoms with Crippen molar-refractivity contribution in [3.05, 3.63) is 0 Å². The predicted molar refractivity (Wildman–Crippen MR) is 68.1 cm³/mol. The molecule has 0 radical (unpaired) electrons. The third-order valence-electron chi connectivity index (χ3n) is 2.63. The number of nitrogens with one attached hydrogen (secondary N) is 1. The van der Waals surface area contributed by atoms with Gasteiger partial charge in [-0.15, -0.1) is 0 Å². The normalized spacial score (nSPS) is 14.7. The smallest absolute Gasteiger partial charge is 0.237 e. The van der Waals surface area contributed by atoms with Crippen molar-refractivity contribution in [2.24, 2.45) is 11.7 Å². The van der Waals surface area contributed by atoms with E-state index >= 15 is 0 Å². The fourth-order valence-electron chi connectivity index (χ4n) is 1.21. The van der Waals surface area contributed by atoms with Crippen LogP contribution in [0.4, 0.5) is 0 Å².